The maximum Gasteiger partial charge on any atom is 0.342 e. The second kappa shape index (κ2) is 8.52. The van der Waals surface area contributed by atoms with Crippen LogP contribution >= 0.6 is 23.2 Å². The highest BCUT2D eigenvalue weighted by Gasteiger charge is 2.31. The van der Waals surface area contributed by atoms with Crippen LogP contribution in [0.1, 0.15) is 41.3 Å². The molecule has 1 aliphatic rings. The first-order valence-corrected chi connectivity index (χ1v) is 9.18. The molecule has 0 saturated carbocycles. The number of ether oxygens (including phenoxy) is 1. The summed E-state index contributed by atoms with van der Waals surface area (Å²) in [7, 11) is 0. The molecule has 0 radical (unpaired) electrons. The van der Waals surface area contributed by atoms with E-state index in [2.05, 4.69) is 4.98 Å². The molecule has 1 amide bonds. The van der Waals surface area contributed by atoms with Crippen molar-refractivity contribution in [2.75, 3.05) is 13.1 Å². The van der Waals surface area contributed by atoms with Crippen molar-refractivity contribution in [3.8, 4) is 0 Å². The Bertz CT molecular complexity index is 793. The van der Waals surface area contributed by atoms with Crippen molar-refractivity contribution in [1.29, 1.82) is 0 Å². The molecule has 1 aromatic carbocycles. The quantitative estimate of drug-likeness (QED) is 0.574. The van der Waals surface area contributed by atoms with Gasteiger partial charge in [0.2, 0.25) is 6.10 Å². The molecule has 0 unspecified atom stereocenters. The molecule has 136 valence electrons. The van der Waals surface area contributed by atoms with Crippen LogP contribution in [-0.4, -0.2) is 34.8 Å². The lowest BCUT2D eigenvalue weighted by molar-refractivity contribution is -0.142. The average molecular weight is 393 g/mol. The van der Waals surface area contributed by atoms with E-state index < -0.39 is 12.1 Å². The third kappa shape index (κ3) is 4.34. The number of hydrogen-bond donors (Lipinski definition) is 0. The number of hydrogen-bond acceptors (Lipinski definition) is 4. The number of benzene rings is 1. The molecule has 5 nitrogen and oxygen atoms in total. The van der Waals surface area contributed by atoms with Crippen molar-refractivity contribution in [3.05, 3.63) is 63.9 Å². The molecule has 1 aromatic heterocycles. The first-order chi connectivity index (χ1) is 12.6. The number of halogens is 2. The van der Waals surface area contributed by atoms with Crippen LogP contribution in [0.15, 0.2) is 42.5 Å². The fraction of sp³-hybridized carbons (Fsp3) is 0.316. The highest BCUT2D eigenvalue weighted by atomic mass is 35.5. The summed E-state index contributed by atoms with van der Waals surface area (Å²) in [6, 6.07) is 11.9. The molecule has 0 spiro atoms. The number of nitrogens with zero attached hydrogens (tertiary/aromatic N) is 2. The number of carbonyl (C=O) groups is 2. The largest absolute Gasteiger partial charge is 0.444 e. The van der Waals surface area contributed by atoms with Gasteiger partial charge in [-0.25, -0.2) is 9.78 Å². The van der Waals surface area contributed by atoms with Gasteiger partial charge in [0.1, 0.15) is 10.3 Å². The van der Waals surface area contributed by atoms with Gasteiger partial charge in [-0.2, -0.15) is 0 Å². The molecule has 2 aromatic rings. The summed E-state index contributed by atoms with van der Waals surface area (Å²) in [5.74, 6) is -0.930. The number of rotatable bonds is 4. The topological polar surface area (TPSA) is 59.5 Å². The SMILES string of the molecule is O=C(O[C@H](C(=O)N1CCCCC1)c1ccccc1)c1ccc(Cl)nc1Cl. The van der Waals surface area contributed by atoms with E-state index in [-0.39, 0.29) is 21.8 Å². The van der Waals surface area contributed by atoms with E-state index in [9.17, 15) is 9.59 Å². The minimum atomic E-state index is -1.02. The zero-order valence-corrected chi connectivity index (χ0v) is 15.5. The van der Waals surface area contributed by atoms with E-state index in [1.165, 1.54) is 12.1 Å². The van der Waals surface area contributed by atoms with Crippen LogP contribution in [0.5, 0.6) is 0 Å². The van der Waals surface area contributed by atoms with Crippen LogP contribution in [0.25, 0.3) is 0 Å². The zero-order chi connectivity index (χ0) is 18.5. The molecule has 1 saturated heterocycles. The summed E-state index contributed by atoms with van der Waals surface area (Å²) in [6.07, 6.45) is 1.99. The Hall–Kier alpha value is -2.11. The monoisotopic (exact) mass is 392 g/mol. The highest BCUT2D eigenvalue weighted by molar-refractivity contribution is 6.34. The van der Waals surface area contributed by atoms with Crippen molar-refractivity contribution in [2.45, 2.75) is 25.4 Å². The number of likely N-dealkylation sites (tertiary alicyclic amines) is 1. The van der Waals surface area contributed by atoms with E-state index in [4.69, 9.17) is 27.9 Å². The third-order valence-corrected chi connectivity index (χ3v) is 4.75. The predicted octanol–water partition coefficient (Wildman–Crippen LogP) is 4.30. The number of pyridine rings is 1. The van der Waals surface area contributed by atoms with Gasteiger partial charge in [-0.05, 0) is 31.4 Å². The summed E-state index contributed by atoms with van der Waals surface area (Å²) < 4.78 is 5.56. The summed E-state index contributed by atoms with van der Waals surface area (Å²) in [4.78, 5) is 31.2. The van der Waals surface area contributed by atoms with E-state index >= 15 is 0 Å². The van der Waals surface area contributed by atoms with Crippen molar-refractivity contribution < 1.29 is 14.3 Å². The zero-order valence-electron chi connectivity index (χ0n) is 14.0. The number of amides is 1. The molecule has 7 heteroatoms. The summed E-state index contributed by atoms with van der Waals surface area (Å²) in [5, 5.41) is 0.121. The van der Waals surface area contributed by atoms with Gasteiger partial charge >= 0.3 is 5.97 Å². The van der Waals surface area contributed by atoms with E-state index in [1.54, 1.807) is 29.2 Å². The average Bonchev–Trinajstić information content (AvgIpc) is 2.67. The second-order valence-corrected chi connectivity index (χ2v) is 6.80. The second-order valence-electron chi connectivity index (χ2n) is 6.05. The predicted molar refractivity (Wildman–Crippen MR) is 99.3 cm³/mol. The van der Waals surface area contributed by atoms with E-state index in [1.807, 2.05) is 6.07 Å². The molecule has 26 heavy (non-hydrogen) atoms. The Balaban J connectivity index is 1.85. The Morgan fingerprint density at radius 2 is 1.69 bits per heavy atom. The van der Waals surface area contributed by atoms with Crippen molar-refractivity contribution in [2.24, 2.45) is 0 Å². The summed E-state index contributed by atoms with van der Waals surface area (Å²) >= 11 is 11.8. The first-order valence-electron chi connectivity index (χ1n) is 8.43. The van der Waals surface area contributed by atoms with Crippen molar-refractivity contribution in [1.82, 2.24) is 9.88 Å². The smallest absolute Gasteiger partial charge is 0.342 e. The van der Waals surface area contributed by atoms with Gasteiger partial charge in [-0.3, -0.25) is 4.79 Å². The Morgan fingerprint density at radius 1 is 1.00 bits per heavy atom. The van der Waals surface area contributed by atoms with Crippen LogP contribution in [-0.2, 0) is 9.53 Å². The molecular weight excluding hydrogens is 375 g/mol. The Morgan fingerprint density at radius 3 is 2.35 bits per heavy atom. The molecule has 1 aliphatic heterocycles. The molecule has 0 bridgehead atoms. The Labute approximate surface area is 161 Å². The lowest BCUT2D eigenvalue weighted by Gasteiger charge is -2.30. The van der Waals surface area contributed by atoms with Gasteiger partial charge in [0.05, 0.1) is 5.56 Å². The first kappa shape index (κ1) is 18.7. The molecular formula is C19H18Cl2N2O3. The van der Waals surface area contributed by atoms with Gasteiger partial charge in [0.25, 0.3) is 5.91 Å². The number of carbonyl (C=O) groups excluding carboxylic acids is 2. The minimum absolute atomic E-state index is 0.0558. The molecule has 1 fully saturated rings. The van der Waals surface area contributed by atoms with Crippen LogP contribution in [0.4, 0.5) is 0 Å². The number of aromatic nitrogens is 1. The van der Waals surface area contributed by atoms with Gasteiger partial charge in [-0.1, -0.05) is 53.5 Å². The summed E-state index contributed by atoms with van der Waals surface area (Å²) in [5.41, 5.74) is 0.693. The summed E-state index contributed by atoms with van der Waals surface area (Å²) in [6.45, 7) is 1.34. The van der Waals surface area contributed by atoms with Crippen molar-refractivity contribution in [3.63, 3.8) is 0 Å². The van der Waals surface area contributed by atoms with Gasteiger partial charge in [0, 0.05) is 18.7 Å². The molecule has 3 rings (SSSR count). The molecule has 2 heterocycles. The molecule has 0 N–H and O–H groups in total. The van der Waals surface area contributed by atoms with Gasteiger partial charge < -0.3 is 9.64 Å². The third-order valence-electron chi connectivity index (χ3n) is 4.25. The fourth-order valence-electron chi connectivity index (χ4n) is 2.90. The Kier molecular flexibility index (Phi) is 6.12. The minimum Gasteiger partial charge on any atom is -0.444 e. The maximum absolute atomic E-state index is 13.0. The standard InChI is InChI=1S/C19H18Cl2N2O3/c20-15-10-9-14(17(21)22-15)19(25)26-16(13-7-3-1-4-8-13)18(24)23-11-5-2-6-12-23/h1,3-4,7-10,16H,2,5-6,11-12H2/t16-/m0/s1. The lowest BCUT2D eigenvalue weighted by atomic mass is 10.1. The van der Waals surface area contributed by atoms with Crippen LogP contribution < -0.4 is 0 Å². The van der Waals surface area contributed by atoms with E-state index in [0.29, 0.717) is 18.7 Å². The molecule has 1 atom stereocenters. The van der Waals surface area contributed by atoms with Gasteiger partial charge in [-0.15, -0.1) is 0 Å². The molecule has 0 aliphatic carbocycles. The van der Waals surface area contributed by atoms with Crippen molar-refractivity contribution >= 4 is 35.1 Å². The maximum atomic E-state index is 13.0. The van der Waals surface area contributed by atoms with Crippen LogP contribution in [0, 0.1) is 0 Å². The fourth-order valence-corrected chi connectivity index (χ4v) is 3.33. The van der Waals surface area contributed by atoms with Crippen LogP contribution in [0.3, 0.4) is 0 Å². The van der Waals surface area contributed by atoms with Gasteiger partial charge in [0.15, 0.2) is 0 Å². The van der Waals surface area contributed by atoms with Crippen LogP contribution in [0.2, 0.25) is 10.3 Å². The lowest BCUT2D eigenvalue weighted by Crippen LogP contribution is -2.40. The number of piperidine rings is 1. The highest BCUT2D eigenvalue weighted by Crippen LogP contribution is 2.26. The number of esters is 1. The normalized spacial score (nSPS) is 15.4. The van der Waals surface area contributed by atoms with E-state index in [0.717, 1.165) is 19.3 Å².